The molecule has 3 aliphatic heterocycles. The molecule has 1 spiro atoms. The Morgan fingerprint density at radius 2 is 2.00 bits per heavy atom. The molecule has 2 amide bonds. The standard InChI is InChI=1S/C29H31ClN2O6/c1-3-14-31(24-17(2)8-7-11-20(24)30)27(35)25-29-13-12-21(38-29)22(28(36)37)23(29)26(34)32(25)19(16-33)15-18-9-5-4-6-10-18/h3-11,19,21-23,25,33H,1,12-16H2,2H3,(H,36,37)/t19-,21+,22-,23-,25+,29-/m1/s1. The Labute approximate surface area is 226 Å². The Morgan fingerprint density at radius 1 is 1.26 bits per heavy atom. The van der Waals surface area contributed by atoms with E-state index < -0.39 is 60.0 Å². The normalized spacial score (nSPS) is 28.3. The number of hydrogen-bond donors (Lipinski definition) is 2. The number of amides is 2. The van der Waals surface area contributed by atoms with Crippen molar-refractivity contribution < 1.29 is 29.3 Å². The molecule has 0 radical (unpaired) electrons. The van der Waals surface area contributed by atoms with E-state index in [1.165, 1.54) is 9.80 Å². The van der Waals surface area contributed by atoms with Gasteiger partial charge in [-0.2, -0.15) is 0 Å². The summed E-state index contributed by atoms with van der Waals surface area (Å²) in [5.41, 5.74) is 0.837. The number of aliphatic hydroxyl groups excluding tert-OH is 1. The van der Waals surface area contributed by atoms with E-state index in [1.807, 2.05) is 43.3 Å². The van der Waals surface area contributed by atoms with E-state index in [-0.39, 0.29) is 6.54 Å². The molecule has 2 aromatic carbocycles. The number of aryl methyl sites for hydroxylation is 1. The van der Waals surface area contributed by atoms with Crippen molar-refractivity contribution >= 4 is 35.1 Å². The zero-order valence-electron chi connectivity index (χ0n) is 21.1. The molecule has 8 nitrogen and oxygen atoms in total. The fourth-order valence-corrected chi connectivity index (χ4v) is 7.04. The van der Waals surface area contributed by atoms with Crippen LogP contribution in [0.2, 0.25) is 5.02 Å². The van der Waals surface area contributed by atoms with Gasteiger partial charge < -0.3 is 24.7 Å². The summed E-state index contributed by atoms with van der Waals surface area (Å²) in [6.07, 6.45) is 2.04. The Balaban J connectivity index is 1.64. The maximum Gasteiger partial charge on any atom is 0.310 e. The summed E-state index contributed by atoms with van der Waals surface area (Å²) >= 11 is 6.57. The molecule has 0 aliphatic carbocycles. The second-order valence-electron chi connectivity index (χ2n) is 10.3. The minimum Gasteiger partial charge on any atom is -0.481 e. The first-order valence-electron chi connectivity index (χ1n) is 12.8. The number of aliphatic hydroxyl groups is 1. The molecule has 3 heterocycles. The number of carboxylic acid groups (broad SMARTS) is 1. The van der Waals surface area contributed by atoms with Crippen molar-refractivity contribution in [2.45, 2.75) is 50.0 Å². The Kier molecular flexibility index (Phi) is 7.07. The first kappa shape index (κ1) is 26.4. The Morgan fingerprint density at radius 3 is 2.63 bits per heavy atom. The topological polar surface area (TPSA) is 107 Å². The van der Waals surface area contributed by atoms with Crippen LogP contribution in [0.4, 0.5) is 5.69 Å². The molecular weight excluding hydrogens is 508 g/mol. The fourth-order valence-electron chi connectivity index (χ4n) is 6.72. The van der Waals surface area contributed by atoms with Gasteiger partial charge in [-0.15, -0.1) is 6.58 Å². The monoisotopic (exact) mass is 538 g/mol. The van der Waals surface area contributed by atoms with Crippen molar-refractivity contribution in [3.63, 3.8) is 0 Å². The summed E-state index contributed by atoms with van der Waals surface area (Å²) in [6, 6.07) is 12.8. The third-order valence-corrected chi connectivity index (χ3v) is 8.52. The molecule has 0 saturated carbocycles. The highest BCUT2D eigenvalue weighted by molar-refractivity contribution is 6.34. The maximum atomic E-state index is 14.6. The quantitative estimate of drug-likeness (QED) is 0.475. The van der Waals surface area contributed by atoms with Crippen LogP contribution in [-0.4, -0.2) is 69.8 Å². The molecule has 38 heavy (non-hydrogen) atoms. The number of carbonyl (C=O) groups is 3. The molecule has 2 aromatic rings. The average molecular weight is 539 g/mol. The van der Waals surface area contributed by atoms with Crippen LogP contribution in [0.1, 0.15) is 24.0 Å². The van der Waals surface area contributed by atoms with Gasteiger partial charge in [0, 0.05) is 6.54 Å². The van der Waals surface area contributed by atoms with Gasteiger partial charge in [0.15, 0.2) is 0 Å². The van der Waals surface area contributed by atoms with Crippen LogP contribution in [0.3, 0.4) is 0 Å². The molecule has 2 N–H and O–H groups in total. The molecule has 9 heteroatoms. The molecule has 2 bridgehead atoms. The number of aliphatic carboxylic acids is 1. The van der Waals surface area contributed by atoms with Crippen LogP contribution in [-0.2, 0) is 25.5 Å². The number of carboxylic acids is 1. The second kappa shape index (κ2) is 10.2. The van der Waals surface area contributed by atoms with E-state index in [1.54, 1.807) is 18.2 Å². The van der Waals surface area contributed by atoms with Gasteiger partial charge in [0.2, 0.25) is 5.91 Å². The molecular formula is C29H31ClN2O6. The highest BCUT2D eigenvalue weighted by Gasteiger charge is 2.75. The zero-order chi connectivity index (χ0) is 27.2. The lowest BCUT2D eigenvalue weighted by Gasteiger charge is -2.39. The van der Waals surface area contributed by atoms with Crippen LogP contribution in [0.15, 0.2) is 61.2 Å². The first-order valence-corrected chi connectivity index (χ1v) is 13.2. The number of benzene rings is 2. The van der Waals surface area contributed by atoms with E-state index in [4.69, 9.17) is 16.3 Å². The van der Waals surface area contributed by atoms with Crippen molar-refractivity contribution in [3.05, 3.63) is 77.3 Å². The molecule has 200 valence electrons. The minimum absolute atomic E-state index is 0.122. The van der Waals surface area contributed by atoms with Gasteiger partial charge in [-0.05, 0) is 43.4 Å². The summed E-state index contributed by atoms with van der Waals surface area (Å²) in [5, 5.41) is 20.9. The van der Waals surface area contributed by atoms with Gasteiger partial charge in [-0.1, -0.05) is 60.1 Å². The van der Waals surface area contributed by atoms with Crippen molar-refractivity contribution in [1.82, 2.24) is 4.90 Å². The summed E-state index contributed by atoms with van der Waals surface area (Å²) < 4.78 is 6.33. The van der Waals surface area contributed by atoms with Gasteiger partial charge in [0.05, 0.1) is 41.3 Å². The maximum absolute atomic E-state index is 14.6. The first-order chi connectivity index (χ1) is 18.2. The molecule has 0 unspecified atom stereocenters. The van der Waals surface area contributed by atoms with Gasteiger partial charge in [-0.3, -0.25) is 14.4 Å². The third kappa shape index (κ3) is 4.02. The average Bonchev–Trinajstić information content (AvgIpc) is 3.54. The summed E-state index contributed by atoms with van der Waals surface area (Å²) in [6.45, 7) is 5.38. The van der Waals surface area contributed by atoms with Gasteiger partial charge in [0.1, 0.15) is 11.6 Å². The molecule has 5 rings (SSSR count). The van der Waals surface area contributed by atoms with E-state index in [2.05, 4.69) is 6.58 Å². The minimum atomic E-state index is -1.30. The highest BCUT2D eigenvalue weighted by Crippen LogP contribution is 2.59. The van der Waals surface area contributed by atoms with Gasteiger partial charge in [-0.25, -0.2) is 0 Å². The number of anilines is 1. The summed E-state index contributed by atoms with van der Waals surface area (Å²) in [4.78, 5) is 43.9. The van der Waals surface area contributed by atoms with Crippen LogP contribution >= 0.6 is 11.6 Å². The summed E-state index contributed by atoms with van der Waals surface area (Å²) in [5.74, 6) is -4.09. The largest absolute Gasteiger partial charge is 0.481 e. The zero-order valence-corrected chi connectivity index (χ0v) is 21.9. The number of rotatable bonds is 9. The van der Waals surface area contributed by atoms with Crippen LogP contribution in [0.5, 0.6) is 0 Å². The van der Waals surface area contributed by atoms with E-state index in [0.29, 0.717) is 30.0 Å². The van der Waals surface area contributed by atoms with Crippen molar-refractivity contribution in [3.8, 4) is 0 Å². The third-order valence-electron chi connectivity index (χ3n) is 8.21. The van der Waals surface area contributed by atoms with Crippen LogP contribution < -0.4 is 4.90 Å². The van der Waals surface area contributed by atoms with Crippen molar-refractivity contribution in [1.29, 1.82) is 0 Å². The van der Waals surface area contributed by atoms with Crippen molar-refractivity contribution in [2.75, 3.05) is 18.1 Å². The lowest BCUT2D eigenvalue weighted by Crippen LogP contribution is -2.59. The second-order valence-corrected chi connectivity index (χ2v) is 10.7. The molecule has 0 aromatic heterocycles. The van der Waals surface area contributed by atoms with Gasteiger partial charge >= 0.3 is 5.97 Å². The lowest BCUT2D eigenvalue weighted by molar-refractivity contribution is -0.151. The van der Waals surface area contributed by atoms with Crippen LogP contribution in [0, 0.1) is 18.8 Å². The number of halogens is 1. The fraction of sp³-hybridized carbons (Fsp3) is 0.414. The number of para-hydroxylation sites is 1. The highest BCUT2D eigenvalue weighted by atomic mass is 35.5. The predicted molar refractivity (Wildman–Crippen MR) is 142 cm³/mol. The number of ether oxygens (including phenoxy) is 1. The number of likely N-dealkylation sites (tertiary alicyclic amines) is 1. The predicted octanol–water partition coefficient (Wildman–Crippen LogP) is 3.23. The number of fused-ring (bicyclic) bond motifs is 1. The van der Waals surface area contributed by atoms with E-state index in [0.717, 1.165) is 11.1 Å². The van der Waals surface area contributed by atoms with Crippen molar-refractivity contribution in [2.24, 2.45) is 11.8 Å². The molecule has 6 atom stereocenters. The molecule has 3 fully saturated rings. The Bertz CT molecular complexity index is 1250. The van der Waals surface area contributed by atoms with E-state index >= 15 is 0 Å². The molecule has 3 aliphatic rings. The lowest BCUT2D eigenvalue weighted by atomic mass is 9.70. The number of nitrogens with zero attached hydrogens (tertiary/aromatic N) is 2. The number of carbonyl (C=O) groups excluding carboxylic acids is 2. The molecule has 3 saturated heterocycles. The van der Waals surface area contributed by atoms with Crippen LogP contribution in [0.25, 0.3) is 0 Å². The van der Waals surface area contributed by atoms with Gasteiger partial charge in [0.25, 0.3) is 5.91 Å². The summed E-state index contributed by atoms with van der Waals surface area (Å²) in [7, 11) is 0. The van der Waals surface area contributed by atoms with E-state index in [9.17, 15) is 24.6 Å². The smallest absolute Gasteiger partial charge is 0.310 e. The Hall–Kier alpha value is -3.20. The number of hydrogen-bond acceptors (Lipinski definition) is 5. The SMILES string of the molecule is C=CCN(C(=O)[C@@H]1N([C@@H](CO)Cc2ccccc2)C(=O)[C@H]2[C@H](C(=O)O)[C@@H]3CC[C@]12O3)c1c(C)cccc1Cl.